The van der Waals surface area contributed by atoms with Crippen molar-refractivity contribution in [1.29, 1.82) is 0 Å². The Bertz CT molecular complexity index is 580. The molecule has 3 heteroatoms. The van der Waals surface area contributed by atoms with Crippen molar-refractivity contribution >= 4 is 23.2 Å². The minimum Gasteiger partial charge on any atom is -0.496 e. The highest BCUT2D eigenvalue weighted by Crippen LogP contribution is 2.71. The summed E-state index contributed by atoms with van der Waals surface area (Å²) in [6.07, 6.45) is 0. The molecule has 0 amide bonds. The molecule has 1 aliphatic rings. The van der Waals surface area contributed by atoms with Crippen LogP contribution in [0.1, 0.15) is 23.0 Å². The second-order valence-electron chi connectivity index (χ2n) is 4.78. The molecular formula is C16H14Cl2O. The van der Waals surface area contributed by atoms with Crippen LogP contribution in [0.4, 0.5) is 0 Å². The molecule has 2 aromatic rings. The molecule has 1 aliphatic carbocycles. The van der Waals surface area contributed by atoms with Gasteiger partial charge in [0.15, 0.2) is 0 Å². The highest BCUT2D eigenvalue weighted by Gasteiger charge is 2.65. The Morgan fingerprint density at radius 2 is 1.53 bits per heavy atom. The molecule has 0 aliphatic heterocycles. The summed E-state index contributed by atoms with van der Waals surface area (Å²) in [7, 11) is 1.67. The Balaban J connectivity index is 1.99. The van der Waals surface area contributed by atoms with Crippen LogP contribution in [0, 0.1) is 0 Å². The van der Waals surface area contributed by atoms with Crippen molar-refractivity contribution in [2.75, 3.05) is 7.11 Å². The summed E-state index contributed by atoms with van der Waals surface area (Å²) in [5.41, 5.74) is 2.24. The molecule has 19 heavy (non-hydrogen) atoms. The van der Waals surface area contributed by atoms with Crippen LogP contribution < -0.4 is 4.74 Å². The van der Waals surface area contributed by atoms with Crippen LogP contribution in [0.25, 0.3) is 0 Å². The lowest BCUT2D eigenvalue weighted by Gasteiger charge is -2.07. The lowest BCUT2D eigenvalue weighted by molar-refractivity contribution is 0.409. The van der Waals surface area contributed by atoms with Gasteiger partial charge >= 0.3 is 0 Å². The van der Waals surface area contributed by atoms with E-state index in [1.54, 1.807) is 7.11 Å². The fraction of sp³-hybridized carbons (Fsp3) is 0.250. The molecule has 0 heterocycles. The van der Waals surface area contributed by atoms with Crippen LogP contribution in [0.15, 0.2) is 54.6 Å². The van der Waals surface area contributed by atoms with Crippen molar-refractivity contribution in [3.05, 3.63) is 65.7 Å². The van der Waals surface area contributed by atoms with E-state index in [1.807, 2.05) is 42.5 Å². The van der Waals surface area contributed by atoms with Gasteiger partial charge in [-0.15, -0.1) is 23.2 Å². The number of alkyl halides is 2. The molecule has 0 radical (unpaired) electrons. The fourth-order valence-electron chi connectivity index (χ4n) is 2.71. The first-order valence-electron chi connectivity index (χ1n) is 6.22. The zero-order valence-corrected chi connectivity index (χ0v) is 12.0. The van der Waals surface area contributed by atoms with Gasteiger partial charge in [0.1, 0.15) is 10.1 Å². The van der Waals surface area contributed by atoms with Gasteiger partial charge in [0, 0.05) is 17.4 Å². The van der Waals surface area contributed by atoms with Gasteiger partial charge in [0.2, 0.25) is 0 Å². The summed E-state index contributed by atoms with van der Waals surface area (Å²) in [5, 5.41) is 0. The molecule has 2 unspecified atom stereocenters. The SMILES string of the molecule is COc1ccccc1C1C(c2ccccc2)C1(Cl)Cl. The van der Waals surface area contributed by atoms with Gasteiger partial charge in [-0.25, -0.2) is 0 Å². The Hall–Kier alpha value is -1.18. The van der Waals surface area contributed by atoms with Crippen LogP contribution >= 0.6 is 23.2 Å². The van der Waals surface area contributed by atoms with Crippen LogP contribution in [-0.4, -0.2) is 11.4 Å². The predicted molar refractivity (Wildman–Crippen MR) is 79.4 cm³/mol. The molecule has 1 fully saturated rings. The molecule has 0 saturated heterocycles. The first-order valence-corrected chi connectivity index (χ1v) is 6.97. The lowest BCUT2D eigenvalue weighted by Crippen LogP contribution is -1.94. The van der Waals surface area contributed by atoms with Gasteiger partial charge in [0.25, 0.3) is 0 Å². The zero-order valence-electron chi connectivity index (χ0n) is 10.5. The summed E-state index contributed by atoms with van der Waals surface area (Å²) in [5.74, 6) is 1.04. The summed E-state index contributed by atoms with van der Waals surface area (Å²) >= 11 is 13.0. The molecule has 0 N–H and O–H groups in total. The molecule has 3 rings (SSSR count). The summed E-state index contributed by atoms with van der Waals surface area (Å²) < 4.78 is 4.65. The highest BCUT2D eigenvalue weighted by molar-refractivity contribution is 6.52. The van der Waals surface area contributed by atoms with Gasteiger partial charge in [-0.3, -0.25) is 0 Å². The molecule has 2 aromatic carbocycles. The molecule has 1 saturated carbocycles. The topological polar surface area (TPSA) is 9.23 Å². The maximum atomic E-state index is 6.48. The first-order chi connectivity index (χ1) is 9.16. The third-order valence-electron chi connectivity index (χ3n) is 3.69. The fourth-order valence-corrected chi connectivity index (χ4v) is 3.58. The highest BCUT2D eigenvalue weighted by atomic mass is 35.5. The predicted octanol–water partition coefficient (Wildman–Crippen LogP) is 4.75. The Kier molecular flexibility index (Phi) is 3.20. The number of hydrogen-bond acceptors (Lipinski definition) is 1. The number of benzene rings is 2. The monoisotopic (exact) mass is 292 g/mol. The Labute approximate surface area is 123 Å². The quantitative estimate of drug-likeness (QED) is 0.742. The van der Waals surface area contributed by atoms with Gasteiger partial charge in [-0.05, 0) is 11.6 Å². The van der Waals surface area contributed by atoms with Gasteiger partial charge in [0.05, 0.1) is 7.11 Å². The molecular weight excluding hydrogens is 279 g/mol. The van der Waals surface area contributed by atoms with Crippen LogP contribution in [0.5, 0.6) is 5.75 Å². The average molecular weight is 293 g/mol. The summed E-state index contributed by atoms with van der Waals surface area (Å²) in [4.78, 5) is 0. The van der Waals surface area contributed by atoms with E-state index in [9.17, 15) is 0 Å². The second kappa shape index (κ2) is 4.73. The van der Waals surface area contributed by atoms with E-state index in [2.05, 4.69) is 12.1 Å². The summed E-state index contributed by atoms with van der Waals surface area (Å²) in [6.45, 7) is 0. The van der Waals surface area contributed by atoms with Gasteiger partial charge in [-0.2, -0.15) is 0 Å². The molecule has 1 nitrogen and oxygen atoms in total. The number of hydrogen-bond donors (Lipinski definition) is 0. The number of halogens is 2. The molecule has 98 valence electrons. The van der Waals surface area contributed by atoms with Crippen molar-refractivity contribution in [1.82, 2.24) is 0 Å². The minimum atomic E-state index is -0.754. The van der Waals surface area contributed by atoms with E-state index in [1.165, 1.54) is 5.56 Å². The molecule has 0 aromatic heterocycles. The number of rotatable bonds is 3. The van der Waals surface area contributed by atoms with E-state index in [4.69, 9.17) is 27.9 Å². The Morgan fingerprint density at radius 3 is 2.21 bits per heavy atom. The van der Waals surface area contributed by atoms with Crippen molar-refractivity contribution < 1.29 is 4.74 Å². The van der Waals surface area contributed by atoms with Crippen LogP contribution in [0.2, 0.25) is 0 Å². The molecule has 0 bridgehead atoms. The van der Waals surface area contributed by atoms with Crippen molar-refractivity contribution in [3.63, 3.8) is 0 Å². The van der Waals surface area contributed by atoms with Crippen molar-refractivity contribution in [2.45, 2.75) is 16.2 Å². The normalized spacial score (nSPS) is 23.9. The van der Waals surface area contributed by atoms with Gasteiger partial charge in [-0.1, -0.05) is 48.5 Å². The standard InChI is InChI=1S/C16H14Cl2O/c1-19-13-10-6-5-9-12(13)15-14(16(15,17)18)11-7-3-2-4-8-11/h2-10,14-15H,1H3. The molecule has 2 atom stereocenters. The van der Waals surface area contributed by atoms with Crippen LogP contribution in [-0.2, 0) is 0 Å². The lowest BCUT2D eigenvalue weighted by atomic mass is 10.0. The maximum Gasteiger partial charge on any atom is 0.133 e. The van der Waals surface area contributed by atoms with Crippen molar-refractivity contribution in [3.8, 4) is 5.75 Å². The first kappa shape index (κ1) is 12.8. The average Bonchev–Trinajstić information content (AvgIpc) is 3.02. The maximum absolute atomic E-state index is 6.48. The van der Waals surface area contributed by atoms with Gasteiger partial charge < -0.3 is 4.74 Å². The molecule has 0 spiro atoms. The number of ether oxygens (including phenoxy) is 1. The second-order valence-corrected chi connectivity index (χ2v) is 6.23. The van der Waals surface area contributed by atoms with E-state index in [-0.39, 0.29) is 11.8 Å². The third-order valence-corrected chi connectivity index (χ3v) is 4.63. The van der Waals surface area contributed by atoms with E-state index < -0.39 is 4.33 Å². The third kappa shape index (κ3) is 2.11. The van der Waals surface area contributed by atoms with Crippen molar-refractivity contribution in [2.24, 2.45) is 0 Å². The smallest absolute Gasteiger partial charge is 0.133 e. The Morgan fingerprint density at radius 1 is 0.895 bits per heavy atom. The number of para-hydroxylation sites is 1. The van der Waals surface area contributed by atoms with E-state index in [0.29, 0.717) is 0 Å². The van der Waals surface area contributed by atoms with Crippen LogP contribution in [0.3, 0.4) is 0 Å². The largest absolute Gasteiger partial charge is 0.496 e. The van der Waals surface area contributed by atoms with E-state index in [0.717, 1.165) is 11.3 Å². The number of methoxy groups -OCH3 is 1. The van der Waals surface area contributed by atoms with E-state index >= 15 is 0 Å². The summed E-state index contributed by atoms with van der Waals surface area (Å²) in [6, 6.07) is 18.1. The minimum absolute atomic E-state index is 0.0781. The zero-order chi connectivity index (χ0) is 13.5.